The van der Waals surface area contributed by atoms with Crippen molar-refractivity contribution in [2.45, 2.75) is 26.8 Å². The van der Waals surface area contributed by atoms with Crippen molar-refractivity contribution in [2.24, 2.45) is 7.05 Å². The monoisotopic (exact) mass is 351 g/mol. The molecule has 1 heterocycles. The summed E-state index contributed by atoms with van der Waals surface area (Å²) in [5.74, 6) is -0.189. The van der Waals surface area contributed by atoms with Crippen LogP contribution in [0.4, 0.5) is 0 Å². The molecule has 1 aromatic heterocycles. The van der Waals surface area contributed by atoms with E-state index in [9.17, 15) is 4.79 Å². The van der Waals surface area contributed by atoms with Crippen molar-refractivity contribution in [3.8, 4) is 0 Å². The van der Waals surface area contributed by atoms with E-state index in [1.54, 1.807) is 22.9 Å². The first kappa shape index (κ1) is 17.6. The van der Waals surface area contributed by atoms with Crippen LogP contribution in [-0.2, 0) is 11.8 Å². The summed E-state index contributed by atoms with van der Waals surface area (Å²) >= 11 is 12.0. The van der Waals surface area contributed by atoms with E-state index in [1.165, 1.54) is 6.08 Å². The Morgan fingerprint density at radius 2 is 2.04 bits per heavy atom. The third kappa shape index (κ3) is 4.15. The van der Waals surface area contributed by atoms with Crippen LogP contribution in [0.5, 0.6) is 0 Å². The second-order valence-electron chi connectivity index (χ2n) is 5.44. The van der Waals surface area contributed by atoms with Crippen molar-refractivity contribution < 1.29 is 4.79 Å². The van der Waals surface area contributed by atoms with Crippen molar-refractivity contribution in [3.63, 3.8) is 0 Å². The number of nitrogens with zero attached hydrogens (tertiary/aromatic N) is 2. The lowest BCUT2D eigenvalue weighted by Crippen LogP contribution is -2.24. The number of carbonyl (C=O) groups excluding carboxylic acids is 1. The standard InChI is InChI=1S/C17H19Cl2N3O/c1-10(15-6-5-13(18)9-16(15)19)20-17(23)8-7-14-11(2)21-22(4)12(14)3/h5-10H,1-4H3,(H,20,23)/b8-7-/t10-/m0/s1. The van der Waals surface area contributed by atoms with E-state index >= 15 is 0 Å². The van der Waals surface area contributed by atoms with Gasteiger partial charge in [-0.05, 0) is 44.5 Å². The quantitative estimate of drug-likeness (QED) is 0.837. The summed E-state index contributed by atoms with van der Waals surface area (Å²) < 4.78 is 1.79. The molecule has 0 saturated carbocycles. The van der Waals surface area contributed by atoms with E-state index in [-0.39, 0.29) is 11.9 Å². The van der Waals surface area contributed by atoms with Gasteiger partial charge in [0.05, 0.1) is 11.7 Å². The van der Waals surface area contributed by atoms with Gasteiger partial charge in [0.2, 0.25) is 5.91 Å². The molecule has 0 aliphatic heterocycles. The van der Waals surface area contributed by atoms with E-state index in [1.807, 2.05) is 33.9 Å². The molecule has 0 radical (unpaired) electrons. The molecule has 0 spiro atoms. The third-order valence-electron chi connectivity index (χ3n) is 3.75. The molecule has 0 aliphatic carbocycles. The molecule has 0 fully saturated rings. The van der Waals surface area contributed by atoms with E-state index < -0.39 is 0 Å². The highest BCUT2D eigenvalue weighted by atomic mass is 35.5. The Morgan fingerprint density at radius 1 is 1.35 bits per heavy atom. The second-order valence-corrected chi connectivity index (χ2v) is 6.28. The highest BCUT2D eigenvalue weighted by Gasteiger charge is 2.12. The Morgan fingerprint density at radius 3 is 2.61 bits per heavy atom. The van der Waals surface area contributed by atoms with Crippen molar-refractivity contribution in [1.29, 1.82) is 0 Å². The minimum atomic E-state index is -0.215. The van der Waals surface area contributed by atoms with E-state index in [2.05, 4.69) is 10.4 Å². The summed E-state index contributed by atoms with van der Waals surface area (Å²) in [6.07, 6.45) is 3.29. The zero-order chi connectivity index (χ0) is 17.1. The average Bonchev–Trinajstić information content (AvgIpc) is 2.70. The highest BCUT2D eigenvalue weighted by Crippen LogP contribution is 2.26. The first-order valence-corrected chi connectivity index (χ1v) is 7.99. The van der Waals surface area contributed by atoms with Crippen molar-refractivity contribution in [1.82, 2.24) is 15.1 Å². The maximum absolute atomic E-state index is 12.1. The molecular weight excluding hydrogens is 333 g/mol. The van der Waals surface area contributed by atoms with Crippen LogP contribution < -0.4 is 5.32 Å². The van der Waals surface area contributed by atoms with Crippen molar-refractivity contribution >= 4 is 35.2 Å². The minimum absolute atomic E-state index is 0.189. The molecule has 0 unspecified atom stereocenters. The molecule has 122 valence electrons. The first-order valence-electron chi connectivity index (χ1n) is 7.23. The number of aryl methyl sites for hydroxylation is 2. The number of halogens is 2. The Balaban J connectivity index is 2.08. The Labute approximate surface area is 146 Å². The molecule has 1 atom stereocenters. The fourth-order valence-corrected chi connectivity index (χ4v) is 2.95. The van der Waals surface area contributed by atoms with Crippen LogP contribution in [0.25, 0.3) is 6.08 Å². The SMILES string of the molecule is Cc1nn(C)c(C)c1/C=C\C(=O)N[C@@H](C)c1ccc(Cl)cc1Cl. The zero-order valence-electron chi connectivity index (χ0n) is 13.5. The van der Waals surface area contributed by atoms with Gasteiger partial charge in [-0.3, -0.25) is 9.48 Å². The zero-order valence-corrected chi connectivity index (χ0v) is 15.0. The van der Waals surface area contributed by atoms with Gasteiger partial charge >= 0.3 is 0 Å². The first-order chi connectivity index (χ1) is 10.8. The molecule has 6 heteroatoms. The summed E-state index contributed by atoms with van der Waals surface area (Å²) in [4.78, 5) is 12.1. The van der Waals surface area contributed by atoms with Crippen molar-refractivity contribution in [3.05, 3.63) is 56.8 Å². The number of hydrogen-bond acceptors (Lipinski definition) is 2. The Kier molecular flexibility index (Phi) is 5.50. The van der Waals surface area contributed by atoms with Crippen LogP contribution in [0.15, 0.2) is 24.3 Å². The van der Waals surface area contributed by atoms with Gasteiger partial charge in [-0.25, -0.2) is 0 Å². The summed E-state index contributed by atoms with van der Waals surface area (Å²) in [5.41, 5.74) is 3.69. The van der Waals surface area contributed by atoms with Gasteiger partial charge in [0.15, 0.2) is 0 Å². The van der Waals surface area contributed by atoms with Gasteiger partial charge in [-0.2, -0.15) is 5.10 Å². The van der Waals surface area contributed by atoms with Gasteiger partial charge in [-0.1, -0.05) is 29.3 Å². The maximum atomic E-state index is 12.1. The molecule has 1 N–H and O–H groups in total. The predicted octanol–water partition coefficient (Wildman–Crippen LogP) is 4.23. The number of rotatable bonds is 4. The topological polar surface area (TPSA) is 46.9 Å². The molecule has 2 rings (SSSR count). The smallest absolute Gasteiger partial charge is 0.244 e. The van der Waals surface area contributed by atoms with E-state index in [0.29, 0.717) is 10.0 Å². The number of amides is 1. The fourth-order valence-electron chi connectivity index (χ4n) is 2.38. The molecule has 2 aromatic rings. The number of hydrogen-bond donors (Lipinski definition) is 1. The van der Waals surface area contributed by atoms with Gasteiger partial charge < -0.3 is 5.32 Å². The van der Waals surface area contributed by atoms with Gasteiger partial charge in [-0.15, -0.1) is 0 Å². The lowest BCUT2D eigenvalue weighted by molar-refractivity contribution is -0.117. The van der Waals surface area contributed by atoms with Crippen molar-refractivity contribution in [2.75, 3.05) is 0 Å². The molecule has 23 heavy (non-hydrogen) atoms. The number of aromatic nitrogens is 2. The summed E-state index contributed by atoms with van der Waals surface area (Å²) in [7, 11) is 1.88. The van der Waals surface area contributed by atoms with Crippen LogP contribution >= 0.6 is 23.2 Å². The molecule has 0 bridgehead atoms. The molecule has 4 nitrogen and oxygen atoms in total. The molecular formula is C17H19Cl2N3O. The lowest BCUT2D eigenvalue weighted by atomic mass is 10.1. The molecule has 0 saturated heterocycles. The van der Waals surface area contributed by atoms with Crippen LogP contribution in [0, 0.1) is 13.8 Å². The summed E-state index contributed by atoms with van der Waals surface area (Å²) in [5, 5.41) is 8.32. The number of carbonyl (C=O) groups is 1. The van der Waals surface area contributed by atoms with Crippen LogP contribution in [0.1, 0.15) is 35.5 Å². The molecule has 1 aromatic carbocycles. The lowest BCUT2D eigenvalue weighted by Gasteiger charge is -2.14. The summed E-state index contributed by atoms with van der Waals surface area (Å²) in [6, 6.07) is 5.02. The second kappa shape index (κ2) is 7.20. The van der Waals surface area contributed by atoms with Crippen LogP contribution in [0.3, 0.4) is 0 Å². The summed E-state index contributed by atoms with van der Waals surface area (Å²) in [6.45, 7) is 5.76. The van der Waals surface area contributed by atoms with Crippen LogP contribution in [0.2, 0.25) is 10.0 Å². The Bertz CT molecular complexity index is 765. The largest absolute Gasteiger partial charge is 0.346 e. The maximum Gasteiger partial charge on any atom is 0.244 e. The Hall–Kier alpha value is -1.78. The number of benzene rings is 1. The molecule has 1 amide bonds. The molecule has 0 aliphatic rings. The minimum Gasteiger partial charge on any atom is -0.346 e. The fraction of sp³-hybridized carbons (Fsp3) is 0.294. The normalized spacial score (nSPS) is 12.6. The van der Waals surface area contributed by atoms with Gasteiger partial charge in [0.25, 0.3) is 0 Å². The van der Waals surface area contributed by atoms with E-state index in [0.717, 1.165) is 22.5 Å². The third-order valence-corrected chi connectivity index (χ3v) is 4.32. The number of nitrogens with one attached hydrogen (secondary N) is 1. The van der Waals surface area contributed by atoms with Crippen LogP contribution in [-0.4, -0.2) is 15.7 Å². The predicted molar refractivity (Wildman–Crippen MR) is 94.7 cm³/mol. The van der Waals surface area contributed by atoms with Gasteiger partial charge in [0, 0.05) is 34.4 Å². The highest BCUT2D eigenvalue weighted by molar-refractivity contribution is 6.35. The van der Waals surface area contributed by atoms with E-state index in [4.69, 9.17) is 23.2 Å². The average molecular weight is 352 g/mol. The van der Waals surface area contributed by atoms with Gasteiger partial charge in [0.1, 0.15) is 0 Å².